The molecule has 1 fully saturated rings. The van der Waals surface area contributed by atoms with Gasteiger partial charge in [0.2, 0.25) is 59.1 Å². The smallest absolute Gasteiger partial charge is 0.315 e. The minimum atomic E-state index is -1.72. The zero-order valence-corrected chi connectivity index (χ0v) is 50.5. The van der Waals surface area contributed by atoms with E-state index in [0.29, 0.717) is 18.5 Å². The van der Waals surface area contributed by atoms with E-state index in [1.807, 2.05) is 0 Å². The van der Waals surface area contributed by atoms with Crippen molar-refractivity contribution in [3.8, 4) is 0 Å². The van der Waals surface area contributed by atoms with E-state index in [-0.39, 0.29) is 83.6 Å². The fourth-order valence-corrected chi connectivity index (χ4v) is 9.19. The number of benzene rings is 1. The van der Waals surface area contributed by atoms with Gasteiger partial charge in [-0.1, -0.05) is 83.2 Å². The maximum Gasteiger partial charge on any atom is 0.315 e. The van der Waals surface area contributed by atoms with Gasteiger partial charge in [0.25, 0.3) is 0 Å². The molecule has 0 aromatic heterocycles. The molecule has 1 aromatic carbocycles. The summed E-state index contributed by atoms with van der Waals surface area (Å²) in [5, 5.41) is 52.2. The number of nitrogens with two attached hydrogens (primary N) is 5. The summed E-state index contributed by atoms with van der Waals surface area (Å²) in [6.07, 6.45) is 1.34. The molecule has 0 saturated carbocycles. The summed E-state index contributed by atoms with van der Waals surface area (Å²) < 4.78 is 0. The van der Waals surface area contributed by atoms with Crippen LogP contribution in [0.1, 0.15) is 124 Å². The van der Waals surface area contributed by atoms with Crippen LogP contribution in [-0.2, 0) is 54.4 Å². The molecule has 0 bridgehead atoms. The summed E-state index contributed by atoms with van der Waals surface area (Å²) in [5.74, 6) is -9.60. The zero-order valence-electron chi connectivity index (χ0n) is 50.5. The van der Waals surface area contributed by atoms with Crippen molar-refractivity contribution in [2.75, 3.05) is 45.8 Å². The van der Waals surface area contributed by atoms with E-state index in [2.05, 4.69) is 70.7 Å². The lowest BCUT2D eigenvalue weighted by atomic mass is 10.00. The van der Waals surface area contributed by atoms with E-state index >= 15 is 0 Å². The fraction of sp³-hybridized carbons (Fsp3) is 0.696. The van der Waals surface area contributed by atoms with Crippen molar-refractivity contribution >= 4 is 65.1 Å². The number of nitrogens with one attached hydrogen (secondary N) is 12. The van der Waals surface area contributed by atoms with Crippen LogP contribution in [0.2, 0.25) is 0 Å². The second kappa shape index (κ2) is 41.1. The lowest BCUT2D eigenvalue weighted by Gasteiger charge is -2.29. The third-order valence-electron chi connectivity index (χ3n) is 14.0. The first kappa shape index (κ1) is 75.0. The van der Waals surface area contributed by atoms with Crippen LogP contribution in [0.15, 0.2) is 30.3 Å². The Labute approximate surface area is 503 Å². The number of hydrogen-bond donors (Lipinski definition) is 19. The molecule has 30 heteroatoms. The highest BCUT2D eigenvalue weighted by atomic mass is 16.3. The van der Waals surface area contributed by atoms with Gasteiger partial charge in [-0.2, -0.15) is 0 Å². The molecule has 1 aromatic rings. The van der Waals surface area contributed by atoms with E-state index in [1.54, 1.807) is 44.2 Å². The topological polar surface area (TPSA) is 503 Å². The number of amides is 12. The molecule has 1 aliphatic heterocycles. The van der Waals surface area contributed by atoms with Crippen LogP contribution < -0.4 is 92.5 Å². The summed E-state index contributed by atoms with van der Waals surface area (Å²) in [6, 6.07) is -7.00. The summed E-state index contributed by atoms with van der Waals surface area (Å²) in [6.45, 7) is 7.21. The summed E-state index contributed by atoms with van der Waals surface area (Å²) in [7, 11) is 0. The first-order valence-electron chi connectivity index (χ1n) is 29.9. The molecular formula is C56H99N17O13. The minimum Gasteiger partial charge on any atom is -0.391 e. The number of carbonyl (C=O) groups excluding carboxylic acids is 11. The number of aliphatic hydroxyl groups excluding tert-OH is 2. The number of unbranched alkanes of at least 4 members (excludes halogenated alkanes) is 5. The van der Waals surface area contributed by atoms with Gasteiger partial charge >= 0.3 is 6.03 Å². The van der Waals surface area contributed by atoms with E-state index in [1.165, 1.54) is 13.8 Å². The lowest BCUT2D eigenvalue weighted by Crippen LogP contribution is -2.62. The monoisotopic (exact) mass is 1220 g/mol. The Hall–Kier alpha value is -7.09. The van der Waals surface area contributed by atoms with Gasteiger partial charge in [0, 0.05) is 19.5 Å². The number of rotatable bonds is 30. The number of urea groups is 1. The number of carbonyl (C=O) groups is 11. The van der Waals surface area contributed by atoms with Crippen molar-refractivity contribution in [3.05, 3.63) is 35.9 Å². The quantitative estimate of drug-likeness (QED) is 0.0320. The third kappa shape index (κ3) is 27.5. The number of aliphatic hydroxyl groups is 2. The van der Waals surface area contributed by atoms with Crippen LogP contribution in [-0.4, -0.2) is 194 Å². The molecule has 0 spiro atoms. The summed E-state index contributed by atoms with van der Waals surface area (Å²) >= 11 is 0. The highest BCUT2D eigenvalue weighted by molar-refractivity contribution is 5.99. The van der Waals surface area contributed by atoms with Crippen LogP contribution >= 0.6 is 0 Å². The van der Waals surface area contributed by atoms with Crippen LogP contribution in [0.25, 0.3) is 0 Å². The van der Waals surface area contributed by atoms with E-state index in [4.69, 9.17) is 28.7 Å². The van der Waals surface area contributed by atoms with Crippen molar-refractivity contribution in [2.24, 2.45) is 34.6 Å². The SMILES string of the molecule is CCCCCCCCNC(=O)N[C@@H](CCN)C(=O)N[C@H](C(=O)N[C@@H](CCN)C(=O)N[C@H]1CCNC(=O)[C@H]([C@@H](C)O)NC(=O)[C@H](CCN)NC(=O)[C@H](CCN)NC(=O)[C@H](CC(C)C)NC(=O)[C@@H](Cc2ccccc2)NC(=O)[C@H](CCN)NC1=O)[C@@H](C)O. The van der Waals surface area contributed by atoms with Crippen molar-refractivity contribution in [2.45, 2.75) is 197 Å². The van der Waals surface area contributed by atoms with Gasteiger partial charge in [0.05, 0.1) is 12.2 Å². The van der Waals surface area contributed by atoms with Crippen molar-refractivity contribution in [1.29, 1.82) is 0 Å². The fourth-order valence-electron chi connectivity index (χ4n) is 9.19. The molecule has 1 heterocycles. The second-order valence-electron chi connectivity index (χ2n) is 21.9. The van der Waals surface area contributed by atoms with Crippen LogP contribution in [0.5, 0.6) is 0 Å². The van der Waals surface area contributed by atoms with Gasteiger partial charge in [-0.15, -0.1) is 0 Å². The zero-order chi connectivity index (χ0) is 64.3. The van der Waals surface area contributed by atoms with Gasteiger partial charge < -0.3 is 103 Å². The molecule has 1 aliphatic rings. The molecule has 0 radical (unpaired) electrons. The predicted molar refractivity (Wildman–Crippen MR) is 320 cm³/mol. The van der Waals surface area contributed by atoms with E-state index in [9.17, 15) is 63.0 Å². The molecule has 12 atom stereocenters. The highest BCUT2D eigenvalue weighted by Gasteiger charge is 2.37. The molecule has 24 N–H and O–H groups in total. The van der Waals surface area contributed by atoms with Crippen molar-refractivity contribution in [3.63, 3.8) is 0 Å². The average molecular weight is 1220 g/mol. The largest absolute Gasteiger partial charge is 0.391 e. The maximum atomic E-state index is 14.5. The van der Waals surface area contributed by atoms with Crippen LogP contribution in [0.3, 0.4) is 0 Å². The third-order valence-corrected chi connectivity index (χ3v) is 14.0. The molecule has 30 nitrogen and oxygen atoms in total. The molecule has 2 rings (SSSR count). The Bertz CT molecular complexity index is 2320. The van der Waals surface area contributed by atoms with Crippen LogP contribution in [0.4, 0.5) is 4.79 Å². The Morgan fingerprint density at radius 3 is 1.57 bits per heavy atom. The first-order valence-corrected chi connectivity index (χ1v) is 29.9. The lowest BCUT2D eigenvalue weighted by molar-refractivity contribution is -0.136. The molecule has 486 valence electrons. The Morgan fingerprint density at radius 2 is 1.05 bits per heavy atom. The molecular weight excluding hydrogens is 1120 g/mol. The molecule has 1 saturated heterocycles. The van der Waals surface area contributed by atoms with Crippen molar-refractivity contribution < 1.29 is 63.0 Å². The van der Waals surface area contributed by atoms with E-state index in [0.717, 1.165) is 32.1 Å². The minimum absolute atomic E-state index is 0.0438. The van der Waals surface area contributed by atoms with Gasteiger partial charge in [-0.25, -0.2) is 4.79 Å². The van der Waals surface area contributed by atoms with Crippen LogP contribution in [0, 0.1) is 5.92 Å². The predicted octanol–water partition coefficient (Wildman–Crippen LogP) is -5.31. The Kier molecular flexibility index (Phi) is 35.8. The Balaban J connectivity index is 2.65. The van der Waals surface area contributed by atoms with Crippen molar-refractivity contribution in [1.82, 2.24) is 63.8 Å². The molecule has 0 aliphatic carbocycles. The summed E-state index contributed by atoms with van der Waals surface area (Å²) in [5.41, 5.74) is 29.9. The summed E-state index contributed by atoms with van der Waals surface area (Å²) in [4.78, 5) is 154. The van der Waals surface area contributed by atoms with Gasteiger partial charge in [-0.05, 0) is 109 Å². The standard InChI is InChI=1S/C56H99N17O13/c1-6-7-8-9-10-14-28-63-56(86)71-40(21-27-61)51(81)73-45(34(5)75)55(85)68-38(19-25-59)47(77)67-41-22-29-62-54(84)44(33(4)74)72-50(80)39(20-26-60)65-46(76)36(17-23-57)66-52(82)42(30-32(2)3)69-53(83)43(31-35-15-12-11-13-16-35)70-48(78)37(18-24-58)64-49(41)79/h11-13,15-16,32-34,36-45,74-75H,6-10,14,17-31,57-61H2,1-5H3,(H,62,84)(H,64,79)(H,65,76)(H,66,82)(H,67,77)(H,68,85)(H,69,83)(H,70,78)(H,72,80)(H,73,81)(H2,63,71,86)/t33-,34-,36+,37+,38+,39+,40+,41+,42+,43-,44+,45+/m1/s1. The normalized spacial score (nSPS) is 22.3. The van der Waals surface area contributed by atoms with Gasteiger partial charge in [0.1, 0.15) is 60.4 Å². The number of hydrogen-bond acceptors (Lipinski definition) is 18. The second-order valence-corrected chi connectivity index (χ2v) is 21.9. The highest BCUT2D eigenvalue weighted by Crippen LogP contribution is 2.12. The van der Waals surface area contributed by atoms with Gasteiger partial charge in [0.15, 0.2) is 0 Å². The molecule has 12 amide bonds. The average Bonchev–Trinajstić information content (AvgIpc) is 2.96. The van der Waals surface area contributed by atoms with Gasteiger partial charge in [-0.3, -0.25) is 47.9 Å². The molecule has 86 heavy (non-hydrogen) atoms. The van der Waals surface area contributed by atoms with E-state index < -0.39 is 151 Å². The maximum absolute atomic E-state index is 14.5. The first-order chi connectivity index (χ1) is 40.9. The molecule has 0 unspecified atom stereocenters. The Morgan fingerprint density at radius 1 is 0.558 bits per heavy atom.